The van der Waals surface area contributed by atoms with Crippen molar-refractivity contribution in [3.8, 4) is 0 Å². The van der Waals surface area contributed by atoms with E-state index in [4.69, 9.17) is 10.8 Å². The third kappa shape index (κ3) is 9.92. The van der Waals surface area contributed by atoms with E-state index in [0.717, 1.165) is 0 Å². The summed E-state index contributed by atoms with van der Waals surface area (Å²) >= 11 is 1.46. The van der Waals surface area contributed by atoms with Gasteiger partial charge in [0.2, 0.25) is 11.8 Å². The Morgan fingerprint density at radius 3 is 2.04 bits per heavy atom. The number of amides is 2. The summed E-state index contributed by atoms with van der Waals surface area (Å²) in [6, 6.07) is -3.32. The first-order valence-electron chi connectivity index (χ1n) is 7.88. The lowest BCUT2D eigenvalue weighted by Crippen LogP contribution is -2.55. The van der Waals surface area contributed by atoms with Crippen molar-refractivity contribution in [3.05, 3.63) is 0 Å². The molecule has 0 fully saturated rings. The number of carbonyl (C=O) groups is 4. The first-order chi connectivity index (χ1) is 11.6. The number of carboxylic acid groups (broad SMARTS) is 2. The van der Waals surface area contributed by atoms with Gasteiger partial charge in [0, 0.05) is 0 Å². The highest BCUT2D eigenvalue weighted by atomic mass is 32.2. The van der Waals surface area contributed by atoms with Crippen LogP contribution in [0, 0.1) is 5.92 Å². The van der Waals surface area contributed by atoms with Crippen molar-refractivity contribution >= 4 is 35.5 Å². The second-order valence-corrected chi connectivity index (χ2v) is 7.06. The smallest absolute Gasteiger partial charge is 0.326 e. The number of aliphatic carboxylic acids is 2. The van der Waals surface area contributed by atoms with Crippen LogP contribution in [0.5, 0.6) is 0 Å². The fraction of sp³-hybridized carbons (Fsp3) is 0.733. The van der Waals surface area contributed by atoms with Gasteiger partial charge in [-0.3, -0.25) is 14.4 Å². The number of hydrogen-bond donors (Lipinski definition) is 5. The molecule has 3 unspecified atom stereocenters. The Bertz CT molecular complexity index is 486. The van der Waals surface area contributed by atoms with Gasteiger partial charge in [0.05, 0.1) is 12.5 Å². The molecule has 0 aliphatic heterocycles. The molecule has 0 radical (unpaired) electrons. The molecule has 2 amide bonds. The van der Waals surface area contributed by atoms with E-state index in [-0.39, 0.29) is 18.8 Å². The van der Waals surface area contributed by atoms with Gasteiger partial charge in [-0.25, -0.2) is 4.79 Å². The van der Waals surface area contributed by atoms with Crippen molar-refractivity contribution in [2.24, 2.45) is 11.7 Å². The van der Waals surface area contributed by atoms with Gasteiger partial charge >= 0.3 is 11.9 Å². The van der Waals surface area contributed by atoms with E-state index in [9.17, 15) is 24.3 Å². The Labute approximate surface area is 151 Å². The Hall–Kier alpha value is -1.81. The van der Waals surface area contributed by atoms with Crippen LogP contribution in [0.2, 0.25) is 0 Å². The average molecular weight is 377 g/mol. The molecule has 25 heavy (non-hydrogen) atoms. The third-order valence-electron chi connectivity index (χ3n) is 3.30. The minimum atomic E-state index is -1.29. The Kier molecular flexibility index (Phi) is 10.8. The van der Waals surface area contributed by atoms with Gasteiger partial charge in [0.25, 0.3) is 0 Å². The van der Waals surface area contributed by atoms with Gasteiger partial charge in [-0.2, -0.15) is 11.8 Å². The van der Waals surface area contributed by atoms with E-state index in [1.165, 1.54) is 11.8 Å². The summed E-state index contributed by atoms with van der Waals surface area (Å²) < 4.78 is 0. The largest absolute Gasteiger partial charge is 0.481 e. The first-order valence-corrected chi connectivity index (χ1v) is 9.27. The highest BCUT2D eigenvalue weighted by Gasteiger charge is 2.28. The second-order valence-electron chi connectivity index (χ2n) is 6.08. The minimum Gasteiger partial charge on any atom is -0.481 e. The third-order valence-corrected chi connectivity index (χ3v) is 3.94. The monoisotopic (exact) mass is 377 g/mol. The van der Waals surface area contributed by atoms with E-state index >= 15 is 0 Å². The second kappa shape index (κ2) is 11.7. The molecule has 0 rings (SSSR count). The van der Waals surface area contributed by atoms with Gasteiger partial charge in [0.1, 0.15) is 12.1 Å². The fourth-order valence-corrected chi connectivity index (χ4v) is 2.50. The van der Waals surface area contributed by atoms with Gasteiger partial charge in [-0.1, -0.05) is 13.8 Å². The molecule has 6 N–H and O–H groups in total. The summed E-state index contributed by atoms with van der Waals surface area (Å²) in [7, 11) is 0. The molecule has 10 heteroatoms. The van der Waals surface area contributed by atoms with Crippen LogP contribution >= 0.6 is 11.8 Å². The molecule has 0 bridgehead atoms. The Morgan fingerprint density at radius 2 is 1.60 bits per heavy atom. The van der Waals surface area contributed by atoms with Crippen molar-refractivity contribution in [2.75, 3.05) is 12.0 Å². The molecule has 0 aromatic carbocycles. The molecular weight excluding hydrogens is 350 g/mol. The van der Waals surface area contributed by atoms with Crippen molar-refractivity contribution in [1.82, 2.24) is 10.6 Å². The Balaban J connectivity index is 4.98. The molecule has 144 valence electrons. The van der Waals surface area contributed by atoms with Gasteiger partial charge in [-0.15, -0.1) is 0 Å². The summed E-state index contributed by atoms with van der Waals surface area (Å²) in [5.74, 6) is -3.17. The standard InChI is InChI=1S/C15H27N3O6S/c1-8(2)6-11(18-13(21)9(16)7-12(19)20)14(22)17-10(15(23)24)4-5-25-3/h8-11H,4-7,16H2,1-3H3,(H,17,22)(H,18,21)(H,19,20)(H,23,24). The number of thioether (sulfide) groups is 1. The number of hydrogen-bond acceptors (Lipinski definition) is 6. The molecule has 0 spiro atoms. The summed E-state index contributed by atoms with van der Waals surface area (Å²) in [5, 5.41) is 22.7. The van der Waals surface area contributed by atoms with E-state index in [2.05, 4.69) is 10.6 Å². The normalized spacial score (nSPS) is 14.4. The lowest BCUT2D eigenvalue weighted by molar-refractivity contribution is -0.143. The first kappa shape index (κ1) is 23.2. The predicted octanol–water partition coefficient (Wildman–Crippen LogP) is -0.358. The van der Waals surface area contributed by atoms with E-state index < -0.39 is 48.3 Å². The van der Waals surface area contributed by atoms with E-state index in [1.54, 1.807) is 0 Å². The lowest BCUT2D eigenvalue weighted by atomic mass is 10.0. The molecule has 3 atom stereocenters. The quantitative estimate of drug-likeness (QED) is 0.308. The minimum absolute atomic E-state index is 0.0428. The maximum atomic E-state index is 12.4. The summed E-state index contributed by atoms with van der Waals surface area (Å²) in [4.78, 5) is 46.2. The lowest BCUT2D eigenvalue weighted by Gasteiger charge is -2.23. The van der Waals surface area contributed by atoms with E-state index in [1.807, 2.05) is 20.1 Å². The van der Waals surface area contributed by atoms with Crippen LogP contribution in [-0.2, 0) is 19.2 Å². The Morgan fingerprint density at radius 1 is 1.04 bits per heavy atom. The average Bonchev–Trinajstić information content (AvgIpc) is 2.48. The van der Waals surface area contributed by atoms with Crippen molar-refractivity contribution < 1.29 is 29.4 Å². The number of nitrogens with one attached hydrogen (secondary N) is 2. The molecule has 0 aromatic heterocycles. The zero-order valence-electron chi connectivity index (χ0n) is 14.7. The van der Waals surface area contributed by atoms with Gasteiger partial charge in [0.15, 0.2) is 0 Å². The topological polar surface area (TPSA) is 159 Å². The van der Waals surface area contributed by atoms with Crippen LogP contribution in [0.15, 0.2) is 0 Å². The van der Waals surface area contributed by atoms with Crippen LogP contribution in [0.3, 0.4) is 0 Å². The summed E-state index contributed by atoms with van der Waals surface area (Å²) in [6.07, 6.45) is 1.79. The molecule has 0 saturated heterocycles. The molecule has 0 saturated carbocycles. The van der Waals surface area contributed by atoms with Crippen LogP contribution in [0.4, 0.5) is 0 Å². The van der Waals surface area contributed by atoms with Crippen LogP contribution in [0.25, 0.3) is 0 Å². The van der Waals surface area contributed by atoms with Crippen LogP contribution < -0.4 is 16.4 Å². The predicted molar refractivity (Wildman–Crippen MR) is 94.2 cm³/mol. The summed E-state index contributed by atoms with van der Waals surface area (Å²) in [5.41, 5.74) is 5.49. The van der Waals surface area contributed by atoms with E-state index in [0.29, 0.717) is 5.75 Å². The molecule has 0 aliphatic carbocycles. The van der Waals surface area contributed by atoms with Crippen molar-refractivity contribution in [1.29, 1.82) is 0 Å². The fourth-order valence-electron chi connectivity index (χ4n) is 2.03. The molecular formula is C15H27N3O6S. The SMILES string of the molecule is CSCCC(NC(=O)C(CC(C)C)NC(=O)C(N)CC(=O)O)C(=O)O. The number of nitrogens with two attached hydrogens (primary N) is 1. The van der Waals surface area contributed by atoms with Crippen molar-refractivity contribution in [3.63, 3.8) is 0 Å². The van der Waals surface area contributed by atoms with Crippen LogP contribution in [0.1, 0.15) is 33.1 Å². The maximum absolute atomic E-state index is 12.4. The number of carbonyl (C=O) groups excluding carboxylic acids is 2. The molecule has 0 aliphatic rings. The zero-order valence-corrected chi connectivity index (χ0v) is 15.5. The number of rotatable bonds is 12. The maximum Gasteiger partial charge on any atom is 0.326 e. The molecule has 9 nitrogen and oxygen atoms in total. The number of carboxylic acids is 2. The molecule has 0 aromatic rings. The van der Waals surface area contributed by atoms with Crippen LogP contribution in [-0.4, -0.2) is 64.1 Å². The highest BCUT2D eigenvalue weighted by molar-refractivity contribution is 7.98. The molecule has 0 heterocycles. The van der Waals surface area contributed by atoms with Crippen molar-refractivity contribution in [2.45, 2.75) is 51.2 Å². The summed E-state index contributed by atoms with van der Waals surface area (Å²) in [6.45, 7) is 3.68. The highest BCUT2D eigenvalue weighted by Crippen LogP contribution is 2.08. The van der Waals surface area contributed by atoms with Gasteiger partial charge < -0.3 is 26.6 Å². The zero-order chi connectivity index (χ0) is 19.6. The van der Waals surface area contributed by atoms with Gasteiger partial charge in [-0.05, 0) is 30.8 Å².